The van der Waals surface area contributed by atoms with Crippen LogP contribution in [0.15, 0.2) is 43.5 Å². The van der Waals surface area contributed by atoms with Crippen LogP contribution in [-0.2, 0) is 0 Å². The van der Waals surface area contributed by atoms with E-state index in [9.17, 15) is 0 Å². The Bertz CT molecular complexity index is 559. The number of rotatable bonds is 2. The molecule has 0 spiro atoms. The number of benzene rings is 1. The van der Waals surface area contributed by atoms with Crippen LogP contribution in [0.25, 0.3) is 0 Å². The summed E-state index contributed by atoms with van der Waals surface area (Å²) in [5, 5.41) is 9.39. The van der Waals surface area contributed by atoms with Gasteiger partial charge in [-0.25, -0.2) is 4.98 Å². The molecule has 0 fully saturated rings. The minimum Gasteiger partial charge on any atom is -0.439 e. The smallest absolute Gasteiger partial charge is 0.260 e. The second-order valence-corrected chi connectivity index (χ2v) is 4.99. The SMILES string of the molecule is Cc1coc(Sc2ccc(C#N)c(Br)c2)n1. The van der Waals surface area contributed by atoms with Crippen LogP contribution in [0.4, 0.5) is 0 Å². The zero-order valence-corrected chi connectivity index (χ0v) is 10.8. The predicted octanol–water partition coefficient (Wildman–Crippen LogP) is 3.77. The average molecular weight is 295 g/mol. The zero-order valence-electron chi connectivity index (χ0n) is 8.40. The summed E-state index contributed by atoms with van der Waals surface area (Å²) in [6.07, 6.45) is 1.61. The lowest BCUT2D eigenvalue weighted by Crippen LogP contribution is -1.79. The Morgan fingerprint density at radius 1 is 1.50 bits per heavy atom. The van der Waals surface area contributed by atoms with Crippen molar-refractivity contribution < 1.29 is 4.42 Å². The number of hydrogen-bond acceptors (Lipinski definition) is 4. The molecule has 0 saturated carbocycles. The highest BCUT2D eigenvalue weighted by molar-refractivity contribution is 9.10. The van der Waals surface area contributed by atoms with Crippen LogP contribution < -0.4 is 0 Å². The first-order valence-electron chi connectivity index (χ1n) is 4.48. The number of aryl methyl sites for hydroxylation is 1. The lowest BCUT2D eigenvalue weighted by atomic mass is 10.2. The van der Waals surface area contributed by atoms with Gasteiger partial charge in [0.05, 0.1) is 11.3 Å². The van der Waals surface area contributed by atoms with Crippen molar-refractivity contribution in [3.8, 4) is 6.07 Å². The molecule has 0 amide bonds. The van der Waals surface area contributed by atoms with Crippen LogP contribution >= 0.6 is 27.7 Å². The van der Waals surface area contributed by atoms with Crippen molar-refractivity contribution in [2.75, 3.05) is 0 Å². The van der Waals surface area contributed by atoms with E-state index in [4.69, 9.17) is 9.68 Å². The first-order valence-corrected chi connectivity index (χ1v) is 6.09. The molecule has 2 aromatic rings. The molecule has 3 nitrogen and oxygen atoms in total. The molecule has 2 rings (SSSR count). The Labute approximate surface area is 106 Å². The Morgan fingerprint density at radius 2 is 2.31 bits per heavy atom. The predicted molar refractivity (Wildman–Crippen MR) is 64.2 cm³/mol. The van der Waals surface area contributed by atoms with Crippen LogP contribution in [0, 0.1) is 18.3 Å². The maximum absolute atomic E-state index is 8.78. The van der Waals surface area contributed by atoms with Crippen LogP contribution in [0.2, 0.25) is 0 Å². The molecule has 1 aromatic carbocycles. The summed E-state index contributed by atoms with van der Waals surface area (Å²) in [7, 11) is 0. The maximum Gasteiger partial charge on any atom is 0.260 e. The van der Waals surface area contributed by atoms with Crippen LogP contribution in [0.1, 0.15) is 11.3 Å². The van der Waals surface area contributed by atoms with Crippen molar-refractivity contribution in [3.05, 3.63) is 40.2 Å². The van der Waals surface area contributed by atoms with Crippen LogP contribution in [0.3, 0.4) is 0 Å². The number of nitrogens with zero attached hydrogens (tertiary/aromatic N) is 2. The lowest BCUT2D eigenvalue weighted by molar-refractivity contribution is 0.454. The van der Waals surface area contributed by atoms with E-state index in [1.165, 1.54) is 11.8 Å². The van der Waals surface area contributed by atoms with Gasteiger partial charge in [-0.2, -0.15) is 5.26 Å². The second-order valence-electron chi connectivity index (χ2n) is 3.11. The molecule has 0 bridgehead atoms. The summed E-state index contributed by atoms with van der Waals surface area (Å²) < 4.78 is 6.02. The molecule has 5 heteroatoms. The molecule has 0 N–H and O–H groups in total. The van der Waals surface area contributed by atoms with Gasteiger partial charge in [-0.05, 0) is 52.8 Å². The van der Waals surface area contributed by atoms with Gasteiger partial charge in [0, 0.05) is 9.37 Å². The van der Waals surface area contributed by atoms with Crippen molar-refractivity contribution in [2.45, 2.75) is 17.0 Å². The topological polar surface area (TPSA) is 49.8 Å². The summed E-state index contributed by atoms with van der Waals surface area (Å²) in [6, 6.07) is 7.61. The quantitative estimate of drug-likeness (QED) is 0.846. The van der Waals surface area contributed by atoms with Gasteiger partial charge in [-0.15, -0.1) is 0 Å². The Morgan fingerprint density at radius 3 is 2.88 bits per heavy atom. The first kappa shape index (κ1) is 11.2. The number of oxazole rings is 1. The van der Waals surface area contributed by atoms with Crippen molar-refractivity contribution in [2.24, 2.45) is 0 Å². The van der Waals surface area contributed by atoms with E-state index < -0.39 is 0 Å². The molecule has 0 atom stereocenters. The summed E-state index contributed by atoms with van der Waals surface area (Å²) in [5.41, 5.74) is 1.48. The number of nitriles is 1. The summed E-state index contributed by atoms with van der Waals surface area (Å²) >= 11 is 4.76. The van der Waals surface area contributed by atoms with Gasteiger partial charge in [-0.3, -0.25) is 0 Å². The summed E-state index contributed by atoms with van der Waals surface area (Å²) in [6.45, 7) is 1.88. The highest BCUT2D eigenvalue weighted by Gasteiger charge is 2.06. The Kier molecular flexibility index (Phi) is 3.32. The molecule has 0 aliphatic carbocycles. The zero-order chi connectivity index (χ0) is 11.5. The molecule has 0 aliphatic rings. The number of hydrogen-bond donors (Lipinski definition) is 0. The molecule has 80 valence electrons. The highest BCUT2D eigenvalue weighted by Crippen LogP contribution is 2.30. The number of halogens is 1. The van der Waals surface area contributed by atoms with Crippen molar-refractivity contribution in [1.82, 2.24) is 4.98 Å². The fourth-order valence-corrected chi connectivity index (χ4v) is 2.55. The molecular formula is C11H7BrN2OS. The summed E-state index contributed by atoms with van der Waals surface area (Å²) in [4.78, 5) is 5.17. The molecule has 1 heterocycles. The molecular weight excluding hydrogens is 288 g/mol. The van der Waals surface area contributed by atoms with E-state index in [-0.39, 0.29) is 0 Å². The molecule has 0 unspecified atom stereocenters. The first-order chi connectivity index (χ1) is 7.69. The van der Waals surface area contributed by atoms with Gasteiger partial charge in [0.25, 0.3) is 5.22 Å². The normalized spacial score (nSPS) is 10.1. The van der Waals surface area contributed by atoms with E-state index in [1.807, 2.05) is 19.1 Å². The van der Waals surface area contributed by atoms with Crippen LogP contribution in [0.5, 0.6) is 0 Å². The highest BCUT2D eigenvalue weighted by atomic mass is 79.9. The molecule has 1 aromatic heterocycles. The van der Waals surface area contributed by atoms with Crippen molar-refractivity contribution >= 4 is 27.7 Å². The monoisotopic (exact) mass is 294 g/mol. The third-order valence-corrected chi connectivity index (χ3v) is 3.37. The molecule has 0 radical (unpaired) electrons. The standard InChI is InChI=1S/C11H7BrN2OS/c1-7-6-15-11(14-7)16-9-3-2-8(5-13)10(12)4-9/h2-4,6H,1H3. The van der Waals surface area contributed by atoms with Crippen molar-refractivity contribution in [1.29, 1.82) is 5.26 Å². The van der Waals surface area contributed by atoms with Crippen molar-refractivity contribution in [3.63, 3.8) is 0 Å². The van der Waals surface area contributed by atoms with E-state index in [2.05, 4.69) is 27.0 Å². The Balaban J connectivity index is 2.23. The third-order valence-electron chi connectivity index (χ3n) is 1.86. The minimum absolute atomic E-state index is 0.606. The minimum atomic E-state index is 0.606. The second kappa shape index (κ2) is 4.73. The average Bonchev–Trinajstić information content (AvgIpc) is 2.64. The fraction of sp³-hybridized carbons (Fsp3) is 0.0909. The Hall–Kier alpha value is -1.25. The van der Waals surface area contributed by atoms with Gasteiger partial charge in [0.15, 0.2) is 0 Å². The molecule has 0 aliphatic heterocycles. The number of aromatic nitrogens is 1. The van der Waals surface area contributed by atoms with Gasteiger partial charge in [-0.1, -0.05) is 0 Å². The lowest BCUT2D eigenvalue weighted by Gasteiger charge is -1.99. The maximum atomic E-state index is 8.78. The van der Waals surface area contributed by atoms with E-state index in [0.29, 0.717) is 10.8 Å². The van der Waals surface area contributed by atoms with E-state index in [0.717, 1.165) is 15.1 Å². The van der Waals surface area contributed by atoms with Gasteiger partial charge in [0.1, 0.15) is 12.3 Å². The van der Waals surface area contributed by atoms with Gasteiger partial charge >= 0.3 is 0 Å². The van der Waals surface area contributed by atoms with E-state index in [1.54, 1.807) is 12.3 Å². The third kappa shape index (κ3) is 2.46. The largest absolute Gasteiger partial charge is 0.439 e. The van der Waals surface area contributed by atoms with Crippen LogP contribution in [-0.4, -0.2) is 4.98 Å². The van der Waals surface area contributed by atoms with Gasteiger partial charge < -0.3 is 4.42 Å². The molecule has 0 saturated heterocycles. The van der Waals surface area contributed by atoms with E-state index >= 15 is 0 Å². The molecule has 16 heavy (non-hydrogen) atoms. The fourth-order valence-electron chi connectivity index (χ4n) is 1.13. The summed E-state index contributed by atoms with van der Waals surface area (Å²) in [5.74, 6) is 0. The van der Waals surface area contributed by atoms with Gasteiger partial charge in [0.2, 0.25) is 0 Å².